The Labute approximate surface area is 324 Å². The Kier molecular flexibility index (Phi) is 7.46. The molecule has 0 aliphatic heterocycles. The molecule has 8 aromatic carbocycles. The number of benzene rings is 8. The van der Waals surface area contributed by atoms with Gasteiger partial charge in [0, 0.05) is 38.4 Å². The zero-order valence-corrected chi connectivity index (χ0v) is 30.4. The monoisotopic (exact) mass is 714 g/mol. The average Bonchev–Trinajstić information content (AvgIpc) is 3.80. The lowest BCUT2D eigenvalue weighted by Crippen LogP contribution is -2.03. The lowest BCUT2D eigenvalue weighted by molar-refractivity contribution is 0.995. The summed E-state index contributed by atoms with van der Waals surface area (Å²) in [5.41, 5.74) is 14.3. The molecule has 0 aliphatic rings. The van der Waals surface area contributed by atoms with Crippen molar-refractivity contribution >= 4 is 43.6 Å². The molecule has 0 fully saturated rings. The van der Waals surface area contributed by atoms with Gasteiger partial charge in [0.15, 0.2) is 0 Å². The molecule has 4 nitrogen and oxygen atoms in total. The summed E-state index contributed by atoms with van der Waals surface area (Å²) in [7, 11) is 0. The summed E-state index contributed by atoms with van der Waals surface area (Å²) in [6.07, 6.45) is 0. The first kappa shape index (κ1) is 31.9. The second-order valence-corrected chi connectivity index (χ2v) is 14.2. The van der Waals surface area contributed by atoms with Crippen LogP contribution in [0, 0.1) is 0 Å². The van der Waals surface area contributed by atoms with Crippen LogP contribution in [0.5, 0.6) is 0 Å². The second kappa shape index (κ2) is 13.1. The van der Waals surface area contributed by atoms with Gasteiger partial charge >= 0.3 is 0 Å². The molecule has 4 heteroatoms. The SMILES string of the molecule is c1ccc(-c2cccc(-n3c4ccccc4c4c(-c5ccc6c(c5)c5ccccc5n6-c5nc(-c6ccccc6)cc(-c6ccccc6)n5)cccc43)c2)cc1. The van der Waals surface area contributed by atoms with Crippen molar-refractivity contribution in [2.24, 2.45) is 0 Å². The van der Waals surface area contributed by atoms with Crippen LogP contribution in [0.1, 0.15) is 0 Å². The van der Waals surface area contributed by atoms with E-state index in [1.165, 1.54) is 38.5 Å². The van der Waals surface area contributed by atoms with Gasteiger partial charge in [0.1, 0.15) is 0 Å². The number of rotatable bonds is 6. The Morgan fingerprint density at radius 2 is 0.839 bits per heavy atom. The lowest BCUT2D eigenvalue weighted by Gasteiger charge is -2.12. The number of para-hydroxylation sites is 2. The van der Waals surface area contributed by atoms with E-state index in [0.29, 0.717) is 5.95 Å². The van der Waals surface area contributed by atoms with Gasteiger partial charge in [0.25, 0.3) is 0 Å². The summed E-state index contributed by atoms with van der Waals surface area (Å²) in [6.45, 7) is 0. The predicted octanol–water partition coefficient (Wildman–Crippen LogP) is 13.3. The van der Waals surface area contributed by atoms with E-state index in [0.717, 1.165) is 55.6 Å². The van der Waals surface area contributed by atoms with Crippen molar-refractivity contribution in [1.29, 1.82) is 0 Å². The average molecular weight is 715 g/mol. The van der Waals surface area contributed by atoms with E-state index in [-0.39, 0.29) is 0 Å². The third-order valence-corrected chi connectivity index (χ3v) is 10.9. The van der Waals surface area contributed by atoms with Crippen molar-refractivity contribution in [2.75, 3.05) is 0 Å². The molecule has 0 spiro atoms. The first-order chi connectivity index (χ1) is 27.8. The van der Waals surface area contributed by atoms with Crippen molar-refractivity contribution in [3.05, 3.63) is 206 Å². The van der Waals surface area contributed by atoms with Crippen LogP contribution in [0.4, 0.5) is 0 Å². The minimum atomic E-state index is 0.645. The van der Waals surface area contributed by atoms with Gasteiger partial charge in [-0.05, 0) is 70.8 Å². The van der Waals surface area contributed by atoms with Crippen molar-refractivity contribution in [1.82, 2.24) is 19.1 Å². The predicted molar refractivity (Wildman–Crippen MR) is 232 cm³/mol. The van der Waals surface area contributed by atoms with Gasteiger partial charge in [-0.1, -0.05) is 158 Å². The molecule has 11 rings (SSSR count). The highest BCUT2D eigenvalue weighted by atomic mass is 15.2. The van der Waals surface area contributed by atoms with Gasteiger partial charge in [0.2, 0.25) is 5.95 Å². The summed E-state index contributed by atoms with van der Waals surface area (Å²) in [5, 5.41) is 4.78. The van der Waals surface area contributed by atoms with Crippen molar-refractivity contribution in [3.63, 3.8) is 0 Å². The third kappa shape index (κ3) is 5.23. The number of hydrogen-bond donors (Lipinski definition) is 0. The van der Waals surface area contributed by atoms with Crippen LogP contribution in [0.2, 0.25) is 0 Å². The molecule has 0 saturated heterocycles. The van der Waals surface area contributed by atoms with Crippen molar-refractivity contribution in [3.8, 4) is 56.4 Å². The maximum Gasteiger partial charge on any atom is 0.235 e. The van der Waals surface area contributed by atoms with E-state index in [2.05, 4.69) is 203 Å². The highest BCUT2D eigenvalue weighted by Gasteiger charge is 2.20. The van der Waals surface area contributed by atoms with E-state index in [4.69, 9.17) is 9.97 Å². The fourth-order valence-electron chi connectivity index (χ4n) is 8.40. The highest BCUT2D eigenvalue weighted by Crippen LogP contribution is 2.41. The molecule has 0 amide bonds. The Balaban J connectivity index is 1.12. The number of hydrogen-bond acceptors (Lipinski definition) is 2. The Hall–Kier alpha value is -7.56. The zero-order valence-electron chi connectivity index (χ0n) is 30.4. The normalized spacial score (nSPS) is 11.6. The lowest BCUT2D eigenvalue weighted by atomic mass is 9.98. The summed E-state index contributed by atoms with van der Waals surface area (Å²) < 4.78 is 4.63. The van der Waals surface area contributed by atoms with Crippen LogP contribution in [0.25, 0.3) is 100 Å². The summed E-state index contributed by atoms with van der Waals surface area (Å²) in [4.78, 5) is 10.5. The third-order valence-electron chi connectivity index (χ3n) is 10.9. The Bertz CT molecular complexity index is 3170. The molecule has 0 saturated carbocycles. The molecule has 0 bridgehead atoms. The van der Waals surface area contributed by atoms with Gasteiger partial charge in [-0.25, -0.2) is 9.97 Å². The van der Waals surface area contributed by atoms with Crippen LogP contribution >= 0.6 is 0 Å². The first-order valence-electron chi connectivity index (χ1n) is 19.0. The fraction of sp³-hybridized carbons (Fsp3) is 0. The molecule has 3 aromatic heterocycles. The maximum absolute atomic E-state index is 5.23. The van der Waals surface area contributed by atoms with E-state index >= 15 is 0 Å². The summed E-state index contributed by atoms with van der Waals surface area (Å²) >= 11 is 0. The Morgan fingerprint density at radius 1 is 0.304 bits per heavy atom. The smallest absolute Gasteiger partial charge is 0.235 e. The van der Waals surface area contributed by atoms with E-state index in [9.17, 15) is 0 Å². The molecule has 0 N–H and O–H groups in total. The largest absolute Gasteiger partial charge is 0.309 e. The van der Waals surface area contributed by atoms with Gasteiger partial charge in [-0.3, -0.25) is 4.57 Å². The molecule has 56 heavy (non-hydrogen) atoms. The zero-order chi connectivity index (χ0) is 37.0. The molecule has 0 radical (unpaired) electrons. The van der Waals surface area contributed by atoms with Crippen molar-refractivity contribution < 1.29 is 0 Å². The second-order valence-electron chi connectivity index (χ2n) is 14.2. The first-order valence-corrected chi connectivity index (χ1v) is 19.0. The molecule has 0 atom stereocenters. The molecule has 262 valence electrons. The Morgan fingerprint density at radius 3 is 1.54 bits per heavy atom. The van der Waals surface area contributed by atoms with Crippen molar-refractivity contribution in [2.45, 2.75) is 0 Å². The van der Waals surface area contributed by atoms with E-state index < -0.39 is 0 Å². The van der Waals surface area contributed by atoms with Crippen LogP contribution < -0.4 is 0 Å². The fourth-order valence-corrected chi connectivity index (χ4v) is 8.40. The van der Waals surface area contributed by atoms with Crippen LogP contribution in [-0.4, -0.2) is 19.1 Å². The molecule has 11 aromatic rings. The van der Waals surface area contributed by atoms with Crippen LogP contribution in [0.3, 0.4) is 0 Å². The van der Waals surface area contributed by atoms with Crippen LogP contribution in [0.15, 0.2) is 206 Å². The maximum atomic E-state index is 5.23. The van der Waals surface area contributed by atoms with Gasteiger partial charge in [-0.15, -0.1) is 0 Å². The number of fused-ring (bicyclic) bond motifs is 6. The van der Waals surface area contributed by atoms with Crippen LogP contribution in [-0.2, 0) is 0 Å². The van der Waals surface area contributed by atoms with E-state index in [1.54, 1.807) is 0 Å². The number of nitrogens with zero attached hydrogens (tertiary/aromatic N) is 4. The topological polar surface area (TPSA) is 35.6 Å². The summed E-state index contributed by atoms with van der Waals surface area (Å²) in [6, 6.07) is 73.2. The minimum Gasteiger partial charge on any atom is -0.309 e. The quantitative estimate of drug-likeness (QED) is 0.172. The molecule has 3 heterocycles. The number of aromatic nitrogens is 4. The van der Waals surface area contributed by atoms with Gasteiger partial charge < -0.3 is 4.57 Å². The van der Waals surface area contributed by atoms with Gasteiger partial charge in [-0.2, -0.15) is 0 Å². The molecule has 0 aliphatic carbocycles. The summed E-state index contributed by atoms with van der Waals surface area (Å²) in [5.74, 6) is 0.645. The molecular formula is C52H34N4. The molecule has 0 unspecified atom stereocenters. The van der Waals surface area contributed by atoms with E-state index in [1.807, 2.05) is 12.1 Å². The van der Waals surface area contributed by atoms with Gasteiger partial charge in [0.05, 0.1) is 33.5 Å². The minimum absolute atomic E-state index is 0.645. The standard InChI is InChI=1S/C52H34N4/c1-4-16-35(17-5-1)38-22-14-23-40(32-38)55-48-28-13-11-25-43(48)51-41(26-15-29-50(51)55)39-30-31-49-44(33-39)42-24-10-12-27-47(42)56(49)52-53-45(36-18-6-2-7-19-36)34-46(54-52)37-20-8-3-9-21-37/h1-34H. The highest BCUT2D eigenvalue weighted by molar-refractivity contribution is 6.17. The molecular weight excluding hydrogens is 681 g/mol.